The summed E-state index contributed by atoms with van der Waals surface area (Å²) in [6.07, 6.45) is 6.59. The van der Waals surface area contributed by atoms with E-state index >= 15 is 0 Å². The van der Waals surface area contributed by atoms with Gasteiger partial charge in [-0.15, -0.1) is 0 Å². The fourth-order valence-corrected chi connectivity index (χ4v) is 2.88. The average molecular weight is 240 g/mol. The van der Waals surface area contributed by atoms with Crippen LogP contribution in [0.2, 0.25) is 0 Å². The Labute approximate surface area is 106 Å². The predicted octanol–water partition coefficient (Wildman–Crippen LogP) is 2.54. The molecule has 0 bridgehead atoms. The first-order valence-electron chi connectivity index (χ1n) is 7.09. The number of piperidine rings is 1. The largest absolute Gasteiger partial charge is 0.341 e. The van der Waals surface area contributed by atoms with Crippen LogP contribution in [-0.4, -0.2) is 29.4 Å². The van der Waals surface area contributed by atoms with Gasteiger partial charge in [-0.1, -0.05) is 26.7 Å². The highest BCUT2D eigenvalue weighted by atomic mass is 16.2. The Kier molecular flexibility index (Phi) is 5.44. The van der Waals surface area contributed by atoms with E-state index in [1.54, 1.807) is 0 Å². The second-order valence-electron chi connectivity index (χ2n) is 5.72. The number of likely N-dealkylation sites (tertiary alicyclic amines) is 1. The molecule has 1 aliphatic heterocycles. The van der Waals surface area contributed by atoms with Gasteiger partial charge in [0, 0.05) is 13.1 Å². The van der Waals surface area contributed by atoms with Gasteiger partial charge in [0.15, 0.2) is 0 Å². The van der Waals surface area contributed by atoms with Gasteiger partial charge in [0.05, 0.1) is 5.54 Å². The van der Waals surface area contributed by atoms with E-state index in [4.69, 9.17) is 5.73 Å². The van der Waals surface area contributed by atoms with Crippen molar-refractivity contribution in [2.75, 3.05) is 13.1 Å². The highest BCUT2D eigenvalue weighted by Gasteiger charge is 2.33. The van der Waals surface area contributed by atoms with Crippen LogP contribution in [0.5, 0.6) is 0 Å². The van der Waals surface area contributed by atoms with Gasteiger partial charge in [-0.3, -0.25) is 4.79 Å². The van der Waals surface area contributed by atoms with Crippen LogP contribution < -0.4 is 5.73 Å². The van der Waals surface area contributed by atoms with E-state index in [9.17, 15) is 4.79 Å². The molecular weight excluding hydrogens is 212 g/mol. The van der Waals surface area contributed by atoms with Crippen molar-refractivity contribution in [3.05, 3.63) is 0 Å². The van der Waals surface area contributed by atoms with Gasteiger partial charge < -0.3 is 10.6 Å². The lowest BCUT2D eigenvalue weighted by Gasteiger charge is -2.37. The highest BCUT2D eigenvalue weighted by Crippen LogP contribution is 2.23. The van der Waals surface area contributed by atoms with Crippen LogP contribution in [0.4, 0.5) is 0 Å². The van der Waals surface area contributed by atoms with Crippen LogP contribution in [0.1, 0.15) is 59.3 Å². The van der Waals surface area contributed by atoms with E-state index in [2.05, 4.69) is 13.8 Å². The van der Waals surface area contributed by atoms with Gasteiger partial charge >= 0.3 is 0 Å². The quantitative estimate of drug-likeness (QED) is 0.802. The van der Waals surface area contributed by atoms with Crippen LogP contribution in [0.15, 0.2) is 0 Å². The van der Waals surface area contributed by atoms with Gasteiger partial charge in [0.2, 0.25) is 5.91 Å². The van der Waals surface area contributed by atoms with E-state index in [0.717, 1.165) is 32.4 Å². The summed E-state index contributed by atoms with van der Waals surface area (Å²) >= 11 is 0. The Bertz CT molecular complexity index is 249. The minimum absolute atomic E-state index is 0.153. The minimum atomic E-state index is -0.664. The SMILES string of the molecule is CCCC1CCCN(C(=O)C(C)(N)CCC)C1. The lowest BCUT2D eigenvalue weighted by Crippen LogP contribution is -2.55. The van der Waals surface area contributed by atoms with Crippen molar-refractivity contribution in [2.45, 2.75) is 64.8 Å². The van der Waals surface area contributed by atoms with Crippen LogP contribution >= 0.6 is 0 Å². The van der Waals surface area contributed by atoms with E-state index in [1.807, 2.05) is 11.8 Å². The van der Waals surface area contributed by atoms with Crippen molar-refractivity contribution in [1.82, 2.24) is 4.90 Å². The molecule has 0 aliphatic carbocycles. The summed E-state index contributed by atoms with van der Waals surface area (Å²) in [5, 5.41) is 0. The first-order valence-corrected chi connectivity index (χ1v) is 7.09. The van der Waals surface area contributed by atoms with Gasteiger partial charge in [0.1, 0.15) is 0 Å². The van der Waals surface area contributed by atoms with Crippen molar-refractivity contribution in [3.8, 4) is 0 Å². The van der Waals surface area contributed by atoms with E-state index in [0.29, 0.717) is 5.92 Å². The van der Waals surface area contributed by atoms with Gasteiger partial charge in [-0.05, 0) is 38.5 Å². The second-order valence-corrected chi connectivity index (χ2v) is 5.72. The summed E-state index contributed by atoms with van der Waals surface area (Å²) in [7, 11) is 0. The van der Waals surface area contributed by atoms with E-state index in [-0.39, 0.29) is 5.91 Å². The van der Waals surface area contributed by atoms with E-state index in [1.165, 1.54) is 19.3 Å². The number of rotatable bonds is 5. The lowest BCUT2D eigenvalue weighted by molar-refractivity contribution is -0.138. The number of nitrogens with two attached hydrogens (primary N) is 1. The van der Waals surface area contributed by atoms with Gasteiger partial charge in [-0.25, -0.2) is 0 Å². The molecule has 100 valence electrons. The van der Waals surface area contributed by atoms with Crippen molar-refractivity contribution in [2.24, 2.45) is 11.7 Å². The van der Waals surface area contributed by atoms with Crippen molar-refractivity contribution < 1.29 is 4.79 Å². The molecule has 0 radical (unpaired) electrons. The summed E-state index contributed by atoms with van der Waals surface area (Å²) in [4.78, 5) is 14.4. The molecule has 0 spiro atoms. The summed E-state index contributed by atoms with van der Waals surface area (Å²) in [6, 6.07) is 0. The number of carbonyl (C=O) groups is 1. The number of amides is 1. The third kappa shape index (κ3) is 3.98. The molecule has 2 atom stereocenters. The molecular formula is C14H28N2O. The van der Waals surface area contributed by atoms with Crippen molar-refractivity contribution in [3.63, 3.8) is 0 Å². The molecule has 0 saturated carbocycles. The summed E-state index contributed by atoms with van der Waals surface area (Å²) in [5.41, 5.74) is 5.47. The molecule has 1 heterocycles. The van der Waals surface area contributed by atoms with Crippen LogP contribution in [-0.2, 0) is 4.79 Å². The third-order valence-corrected chi connectivity index (χ3v) is 3.76. The molecule has 1 fully saturated rings. The molecule has 1 aliphatic rings. The zero-order valence-electron chi connectivity index (χ0n) is 11.7. The van der Waals surface area contributed by atoms with Crippen LogP contribution in [0.3, 0.4) is 0 Å². The summed E-state index contributed by atoms with van der Waals surface area (Å²) in [5.74, 6) is 0.843. The molecule has 17 heavy (non-hydrogen) atoms. The fraction of sp³-hybridized carbons (Fsp3) is 0.929. The third-order valence-electron chi connectivity index (χ3n) is 3.76. The van der Waals surface area contributed by atoms with Crippen molar-refractivity contribution in [1.29, 1.82) is 0 Å². The Hall–Kier alpha value is -0.570. The number of hydrogen-bond acceptors (Lipinski definition) is 2. The monoisotopic (exact) mass is 240 g/mol. The molecule has 3 heteroatoms. The molecule has 0 aromatic heterocycles. The van der Waals surface area contributed by atoms with E-state index < -0.39 is 5.54 Å². The Morgan fingerprint density at radius 2 is 2.12 bits per heavy atom. The van der Waals surface area contributed by atoms with Crippen LogP contribution in [0, 0.1) is 5.92 Å². The van der Waals surface area contributed by atoms with Crippen LogP contribution in [0.25, 0.3) is 0 Å². The first kappa shape index (κ1) is 14.5. The standard InChI is InChI=1S/C14H28N2O/c1-4-7-12-8-6-10-16(11-12)13(17)14(3,15)9-5-2/h12H,4-11,15H2,1-3H3. The maximum Gasteiger partial charge on any atom is 0.242 e. The Morgan fingerprint density at radius 3 is 2.71 bits per heavy atom. The molecule has 1 rings (SSSR count). The molecule has 0 aromatic carbocycles. The zero-order chi connectivity index (χ0) is 12.9. The maximum absolute atomic E-state index is 12.4. The molecule has 1 saturated heterocycles. The smallest absolute Gasteiger partial charge is 0.242 e. The molecule has 2 unspecified atom stereocenters. The summed E-state index contributed by atoms with van der Waals surface area (Å²) < 4.78 is 0. The highest BCUT2D eigenvalue weighted by molar-refractivity contribution is 5.85. The molecule has 0 aromatic rings. The zero-order valence-corrected chi connectivity index (χ0v) is 11.7. The Morgan fingerprint density at radius 1 is 1.41 bits per heavy atom. The normalized spacial score (nSPS) is 24.5. The lowest BCUT2D eigenvalue weighted by atomic mass is 9.90. The fourth-order valence-electron chi connectivity index (χ4n) is 2.88. The second kappa shape index (κ2) is 6.39. The van der Waals surface area contributed by atoms with Gasteiger partial charge in [-0.2, -0.15) is 0 Å². The molecule has 2 N–H and O–H groups in total. The average Bonchev–Trinajstić information content (AvgIpc) is 2.29. The van der Waals surface area contributed by atoms with Crippen molar-refractivity contribution >= 4 is 5.91 Å². The summed E-state index contributed by atoms with van der Waals surface area (Å²) in [6.45, 7) is 7.99. The topological polar surface area (TPSA) is 46.3 Å². The maximum atomic E-state index is 12.4. The van der Waals surface area contributed by atoms with Gasteiger partial charge in [0.25, 0.3) is 0 Å². The predicted molar refractivity (Wildman–Crippen MR) is 71.7 cm³/mol. The Balaban J connectivity index is 2.56. The number of hydrogen-bond donors (Lipinski definition) is 1. The molecule has 3 nitrogen and oxygen atoms in total. The number of carbonyl (C=O) groups excluding carboxylic acids is 1. The first-order chi connectivity index (χ1) is 8.01. The minimum Gasteiger partial charge on any atom is -0.341 e. The number of nitrogens with zero attached hydrogens (tertiary/aromatic N) is 1. The molecule has 1 amide bonds.